The number of alkyl halides is 2. The van der Waals surface area contributed by atoms with Gasteiger partial charge in [0.2, 0.25) is 0 Å². The number of halogens is 2. The predicted molar refractivity (Wildman–Crippen MR) is 69.1 cm³/mol. The maximum absolute atomic E-state index is 12.4. The topological polar surface area (TPSA) is 24.5 Å². The van der Waals surface area contributed by atoms with Crippen LogP contribution in [0.3, 0.4) is 0 Å². The zero-order chi connectivity index (χ0) is 13.6. The summed E-state index contributed by atoms with van der Waals surface area (Å²) >= 11 is 0. The maximum atomic E-state index is 12.4. The fourth-order valence-electron chi connectivity index (χ4n) is 2.52. The van der Waals surface area contributed by atoms with Crippen molar-refractivity contribution < 1.29 is 13.5 Å². The van der Waals surface area contributed by atoms with E-state index in [2.05, 4.69) is 19.2 Å². The third-order valence-corrected chi connectivity index (χ3v) is 3.34. The molecule has 0 aromatic heterocycles. The van der Waals surface area contributed by atoms with Crippen LogP contribution in [-0.2, 0) is 4.74 Å². The molecule has 1 aliphatic heterocycles. The van der Waals surface area contributed by atoms with Crippen LogP contribution in [0.15, 0.2) is 0 Å². The molecular weight excluding hydrogens is 238 g/mol. The van der Waals surface area contributed by atoms with E-state index in [1.54, 1.807) is 11.9 Å². The molecule has 0 saturated carbocycles. The second-order valence-corrected chi connectivity index (χ2v) is 5.78. The zero-order valence-corrected chi connectivity index (χ0v) is 11.7. The molecule has 0 bridgehead atoms. The number of hydrogen-bond donors (Lipinski definition) is 1. The molecule has 1 heterocycles. The Bertz CT molecular complexity index is 231. The second-order valence-electron chi connectivity index (χ2n) is 5.78. The van der Waals surface area contributed by atoms with E-state index >= 15 is 0 Å². The predicted octanol–water partition coefficient (Wildman–Crippen LogP) is 1.98. The van der Waals surface area contributed by atoms with Crippen molar-refractivity contribution >= 4 is 0 Å². The Hall–Kier alpha value is -0.260. The molecule has 1 saturated heterocycles. The molecule has 5 heteroatoms. The lowest BCUT2D eigenvalue weighted by Crippen LogP contribution is -2.50. The van der Waals surface area contributed by atoms with Crippen molar-refractivity contribution in [1.82, 2.24) is 10.2 Å². The summed E-state index contributed by atoms with van der Waals surface area (Å²) in [4.78, 5) is 1.72. The van der Waals surface area contributed by atoms with E-state index in [9.17, 15) is 8.78 Å². The molecule has 1 aliphatic rings. The molecule has 0 aliphatic carbocycles. The van der Waals surface area contributed by atoms with Crippen molar-refractivity contribution in [3.05, 3.63) is 0 Å². The molecule has 18 heavy (non-hydrogen) atoms. The number of nitrogens with one attached hydrogen (secondary N) is 1. The summed E-state index contributed by atoms with van der Waals surface area (Å²) < 4.78 is 30.3. The standard InChI is InChI=1S/C13H26F2N2O/c1-11(2)16-8-13(5-4-6-18-10-13)9-17(3)7-12(14)15/h11-12,16H,4-10H2,1-3H3. The van der Waals surface area contributed by atoms with Crippen LogP contribution in [0, 0.1) is 5.41 Å². The van der Waals surface area contributed by atoms with Crippen LogP contribution in [0.2, 0.25) is 0 Å². The molecule has 1 atom stereocenters. The largest absolute Gasteiger partial charge is 0.381 e. The van der Waals surface area contributed by atoms with E-state index in [0.29, 0.717) is 19.2 Å². The summed E-state index contributed by atoms with van der Waals surface area (Å²) in [6, 6.07) is 0.407. The van der Waals surface area contributed by atoms with Gasteiger partial charge in [-0.1, -0.05) is 13.8 Å². The van der Waals surface area contributed by atoms with Crippen LogP contribution in [-0.4, -0.2) is 57.3 Å². The summed E-state index contributed by atoms with van der Waals surface area (Å²) in [7, 11) is 1.76. The van der Waals surface area contributed by atoms with Gasteiger partial charge in [0, 0.05) is 31.2 Å². The van der Waals surface area contributed by atoms with Gasteiger partial charge in [0.25, 0.3) is 6.43 Å². The summed E-state index contributed by atoms with van der Waals surface area (Å²) in [5.41, 5.74) is -0.0217. The van der Waals surface area contributed by atoms with E-state index in [1.165, 1.54) is 0 Å². The first-order chi connectivity index (χ1) is 8.43. The molecule has 3 nitrogen and oxygen atoms in total. The average Bonchev–Trinajstić information content (AvgIpc) is 2.26. The van der Waals surface area contributed by atoms with Crippen molar-refractivity contribution in [2.45, 2.75) is 39.2 Å². The SMILES string of the molecule is CC(C)NCC1(CN(C)CC(F)F)CCCOC1. The van der Waals surface area contributed by atoms with Gasteiger partial charge in [0.05, 0.1) is 13.2 Å². The first-order valence-corrected chi connectivity index (χ1v) is 6.71. The Morgan fingerprint density at radius 3 is 2.61 bits per heavy atom. The number of ether oxygens (including phenoxy) is 1. The van der Waals surface area contributed by atoms with Gasteiger partial charge >= 0.3 is 0 Å². The minimum absolute atomic E-state index is 0.0217. The van der Waals surface area contributed by atoms with Crippen molar-refractivity contribution in [1.29, 1.82) is 0 Å². The molecular formula is C13H26F2N2O. The minimum Gasteiger partial charge on any atom is -0.381 e. The van der Waals surface area contributed by atoms with Gasteiger partial charge in [-0.3, -0.25) is 0 Å². The zero-order valence-electron chi connectivity index (χ0n) is 11.7. The highest BCUT2D eigenvalue weighted by molar-refractivity contribution is 4.87. The summed E-state index contributed by atoms with van der Waals surface area (Å²) in [6.45, 7) is 6.99. The first kappa shape index (κ1) is 15.8. The first-order valence-electron chi connectivity index (χ1n) is 6.71. The van der Waals surface area contributed by atoms with E-state index in [0.717, 1.165) is 26.0 Å². The molecule has 0 spiro atoms. The molecule has 1 fully saturated rings. The van der Waals surface area contributed by atoms with Gasteiger partial charge in [-0.15, -0.1) is 0 Å². The minimum atomic E-state index is -2.27. The number of rotatable bonds is 7. The van der Waals surface area contributed by atoms with Gasteiger partial charge in [-0.05, 0) is 19.9 Å². The van der Waals surface area contributed by atoms with Crippen molar-refractivity contribution in [3.8, 4) is 0 Å². The Labute approximate surface area is 109 Å². The van der Waals surface area contributed by atoms with Crippen LogP contribution in [0.25, 0.3) is 0 Å². The lowest BCUT2D eigenvalue weighted by molar-refractivity contribution is -0.0302. The lowest BCUT2D eigenvalue weighted by atomic mass is 9.81. The van der Waals surface area contributed by atoms with Crippen molar-refractivity contribution in [2.24, 2.45) is 5.41 Å². The third-order valence-electron chi connectivity index (χ3n) is 3.34. The molecule has 0 aromatic carbocycles. The third kappa shape index (κ3) is 5.59. The molecule has 1 rings (SSSR count). The Balaban J connectivity index is 2.53. The van der Waals surface area contributed by atoms with Gasteiger partial charge in [0.1, 0.15) is 0 Å². The summed E-state index contributed by atoms with van der Waals surface area (Å²) in [5, 5.41) is 3.42. The van der Waals surface area contributed by atoms with Crippen molar-refractivity contribution in [3.63, 3.8) is 0 Å². The fraction of sp³-hybridized carbons (Fsp3) is 1.00. The van der Waals surface area contributed by atoms with Gasteiger partial charge in [-0.2, -0.15) is 0 Å². The van der Waals surface area contributed by atoms with Crippen LogP contribution in [0.5, 0.6) is 0 Å². The molecule has 0 amide bonds. The highest BCUT2D eigenvalue weighted by atomic mass is 19.3. The fourth-order valence-corrected chi connectivity index (χ4v) is 2.52. The van der Waals surface area contributed by atoms with Gasteiger partial charge in [-0.25, -0.2) is 8.78 Å². The second kappa shape index (κ2) is 7.36. The van der Waals surface area contributed by atoms with E-state index in [1.807, 2.05) is 0 Å². The normalized spacial score (nSPS) is 25.3. The monoisotopic (exact) mass is 264 g/mol. The van der Waals surface area contributed by atoms with Gasteiger partial charge in [0.15, 0.2) is 0 Å². The Morgan fingerprint density at radius 2 is 2.11 bits per heavy atom. The van der Waals surface area contributed by atoms with Crippen LogP contribution < -0.4 is 5.32 Å². The van der Waals surface area contributed by atoms with Crippen molar-refractivity contribution in [2.75, 3.05) is 39.9 Å². The van der Waals surface area contributed by atoms with E-state index < -0.39 is 6.43 Å². The van der Waals surface area contributed by atoms with Crippen LogP contribution in [0.4, 0.5) is 8.78 Å². The Kier molecular flexibility index (Phi) is 6.46. The van der Waals surface area contributed by atoms with E-state index in [4.69, 9.17) is 4.74 Å². The van der Waals surface area contributed by atoms with E-state index in [-0.39, 0.29) is 12.0 Å². The highest BCUT2D eigenvalue weighted by Crippen LogP contribution is 2.29. The molecule has 1 unspecified atom stereocenters. The average molecular weight is 264 g/mol. The lowest BCUT2D eigenvalue weighted by Gasteiger charge is -2.40. The number of hydrogen-bond acceptors (Lipinski definition) is 3. The Morgan fingerprint density at radius 1 is 1.39 bits per heavy atom. The molecule has 108 valence electrons. The summed E-state index contributed by atoms with van der Waals surface area (Å²) in [5.74, 6) is 0. The highest BCUT2D eigenvalue weighted by Gasteiger charge is 2.34. The molecule has 1 N–H and O–H groups in total. The quantitative estimate of drug-likeness (QED) is 0.761. The maximum Gasteiger partial charge on any atom is 0.251 e. The number of nitrogens with zero attached hydrogens (tertiary/aromatic N) is 1. The van der Waals surface area contributed by atoms with Crippen LogP contribution in [0.1, 0.15) is 26.7 Å². The van der Waals surface area contributed by atoms with Gasteiger partial charge < -0.3 is 15.0 Å². The summed E-state index contributed by atoms with van der Waals surface area (Å²) in [6.07, 6.45) is -0.211. The van der Waals surface area contributed by atoms with Crippen LogP contribution >= 0.6 is 0 Å². The molecule has 0 radical (unpaired) electrons. The molecule has 0 aromatic rings. The smallest absolute Gasteiger partial charge is 0.251 e.